The number of rotatable bonds is 29. The molecule has 0 unspecified atom stereocenters. The number of piperazine rings is 2. The SMILES string of the molecule is CO[C@H]1C[C@@H]2CC[C@@H](C)[C@@](O)(O2)C(=O)C(=O)N2CCCC[C@H]2C(=O)O[C@H]([C@H](C)C[C@@H]2CC[C@@H](OC(=O)NCc3cnc(N4CCN(C(=O)CCOCCN5CCN(c6ncc(C(=O)NCCOCCC(=O)NCCCCn7nc(-c8ccc9oc(N)nc9c8)c8c(N)ncnc87)cn6)CC5)CC4)nc3)[C@H](OC)C2)CC(=O)[C@H](C)/C=C(\C)[C@@H](O)[C@@H](O)C(=O)[C@H](C)C[C@H](C)/C=C/C=C/C=C/1C. The number of methoxy groups -OCH3 is 2. The van der Waals surface area contributed by atoms with Gasteiger partial charge in [-0.3, -0.25) is 38.5 Å². The maximum atomic E-state index is 14.8. The smallest absolute Gasteiger partial charge is 0.407 e. The predicted molar refractivity (Wildman–Crippen MR) is 496 cm³/mol. The summed E-state index contributed by atoms with van der Waals surface area (Å²) in [6.45, 7) is 20.2. The Morgan fingerprint density at radius 1 is 0.709 bits per heavy atom. The van der Waals surface area contributed by atoms with Crippen molar-refractivity contribution in [3.63, 3.8) is 0 Å². The van der Waals surface area contributed by atoms with E-state index in [1.165, 1.54) is 38.8 Å². The first-order valence-electron chi connectivity index (χ1n) is 47.0. The van der Waals surface area contributed by atoms with E-state index in [4.69, 9.17) is 54.1 Å². The third kappa shape index (κ3) is 27.4. The number of allylic oxidation sites excluding steroid dienone is 6. The lowest BCUT2D eigenvalue weighted by Crippen LogP contribution is -2.61. The summed E-state index contributed by atoms with van der Waals surface area (Å²) < 4.78 is 49.2. The fourth-order valence-corrected chi connectivity index (χ4v) is 18.3. The number of fused-ring (bicyclic) bond motifs is 5. The molecule has 728 valence electrons. The number of hydrogen-bond acceptors (Lipinski definition) is 33. The Balaban J connectivity index is 0.522. The number of Topliss-reactive ketones (excluding diaryl/α,β-unsaturated/α-hetero) is 3. The van der Waals surface area contributed by atoms with Crippen LogP contribution in [-0.4, -0.2) is 301 Å². The van der Waals surface area contributed by atoms with E-state index < -0.39 is 108 Å². The van der Waals surface area contributed by atoms with Crippen molar-refractivity contribution < 1.29 is 96.0 Å². The highest BCUT2D eigenvalue weighted by Crippen LogP contribution is 2.40. The molecule has 134 heavy (non-hydrogen) atoms. The van der Waals surface area contributed by atoms with Crippen LogP contribution >= 0.6 is 0 Å². The number of aliphatic hydroxyl groups is 3. The fraction of sp³-hybridized carbons (Fsp3) is 0.611. The molecule has 4 saturated heterocycles. The lowest BCUT2D eigenvalue weighted by molar-refractivity contribution is -0.265. The number of ether oxygens (including phenoxy) is 7. The zero-order valence-electron chi connectivity index (χ0n) is 78.4. The number of carbonyl (C=O) groups is 9. The third-order valence-corrected chi connectivity index (χ3v) is 26.5. The molecular weight excluding hydrogens is 1730 g/mol. The van der Waals surface area contributed by atoms with Crippen molar-refractivity contribution in [2.24, 2.45) is 35.5 Å². The molecule has 10 N–H and O–H groups in total. The Bertz CT molecular complexity index is 5110. The van der Waals surface area contributed by atoms with Gasteiger partial charge in [0.15, 0.2) is 17.0 Å². The quantitative estimate of drug-likeness (QED) is 0.0104. The van der Waals surface area contributed by atoms with Crippen LogP contribution in [0.25, 0.3) is 33.4 Å². The Hall–Kier alpha value is -11.2. The van der Waals surface area contributed by atoms with Gasteiger partial charge in [-0.1, -0.05) is 71.1 Å². The number of esters is 1. The number of oxazole rings is 1. The molecule has 39 heteroatoms. The third-order valence-electron chi connectivity index (χ3n) is 26.5. The van der Waals surface area contributed by atoms with Gasteiger partial charge in [-0.2, -0.15) is 10.1 Å². The van der Waals surface area contributed by atoms with Gasteiger partial charge in [0.25, 0.3) is 23.6 Å². The molecule has 5 aromatic heterocycles. The summed E-state index contributed by atoms with van der Waals surface area (Å²) in [7, 11) is 3.09. The van der Waals surface area contributed by atoms with Crippen molar-refractivity contribution in [1.82, 2.24) is 75.3 Å². The number of aryl methyl sites for hydroxylation is 1. The number of piperidine rings is 1. The number of anilines is 4. The number of amides is 5. The highest BCUT2D eigenvalue weighted by Gasteiger charge is 2.53. The number of nitrogens with one attached hydrogen (secondary N) is 3. The topological polar surface area (TPSA) is 504 Å². The number of carbonyl (C=O) groups excluding carboxylic acids is 9. The number of aliphatic hydroxyl groups excluding tert-OH is 2. The van der Waals surface area contributed by atoms with Crippen LogP contribution in [0.5, 0.6) is 0 Å². The van der Waals surface area contributed by atoms with Gasteiger partial charge in [0, 0.05) is 179 Å². The number of alkyl carbamates (subject to hydrolysis) is 1. The van der Waals surface area contributed by atoms with Gasteiger partial charge < -0.3 is 99.9 Å². The van der Waals surface area contributed by atoms with Crippen LogP contribution in [-0.2, 0) is 79.8 Å². The van der Waals surface area contributed by atoms with Crippen LogP contribution in [0.3, 0.4) is 0 Å². The Morgan fingerprint density at radius 3 is 2.17 bits per heavy atom. The normalized spacial score (nSPS) is 27.1. The van der Waals surface area contributed by atoms with E-state index in [0.29, 0.717) is 193 Å². The van der Waals surface area contributed by atoms with Gasteiger partial charge in [-0.15, -0.1) is 0 Å². The van der Waals surface area contributed by atoms with E-state index in [0.717, 1.165) is 29.1 Å². The average molecular weight is 1860 g/mol. The Morgan fingerprint density at radius 2 is 1.43 bits per heavy atom. The molecule has 12 rings (SSSR count). The first kappa shape index (κ1) is 102. The highest BCUT2D eigenvalue weighted by molar-refractivity contribution is 6.39. The largest absolute Gasteiger partial charge is 0.460 e. The number of cyclic esters (lactones) is 1. The van der Waals surface area contributed by atoms with Gasteiger partial charge in [0.1, 0.15) is 59.6 Å². The molecule has 6 aromatic rings. The van der Waals surface area contributed by atoms with Crippen LogP contribution in [0.15, 0.2) is 101 Å². The van der Waals surface area contributed by atoms with Gasteiger partial charge >= 0.3 is 12.1 Å². The van der Waals surface area contributed by atoms with Gasteiger partial charge in [-0.25, -0.2) is 44.2 Å². The predicted octanol–water partition coefficient (Wildman–Crippen LogP) is 6.76. The lowest BCUT2D eigenvalue weighted by Gasteiger charge is -2.42. The number of aromatic nitrogens is 9. The average Bonchev–Trinajstić information content (AvgIpc) is 1.70. The monoisotopic (exact) mass is 1860 g/mol. The lowest BCUT2D eigenvalue weighted by atomic mass is 9.78. The molecule has 1 aliphatic carbocycles. The molecule has 0 radical (unpaired) electrons. The first-order chi connectivity index (χ1) is 64.4. The minimum atomic E-state index is -2.50. The summed E-state index contributed by atoms with van der Waals surface area (Å²) in [4.78, 5) is 165. The van der Waals surface area contributed by atoms with E-state index in [9.17, 15) is 58.5 Å². The highest BCUT2D eigenvalue weighted by atomic mass is 16.6. The van der Waals surface area contributed by atoms with Gasteiger partial charge in [0.05, 0.1) is 62.1 Å². The summed E-state index contributed by atoms with van der Waals surface area (Å²) in [6.07, 6.45) is 17.1. The summed E-state index contributed by atoms with van der Waals surface area (Å²) in [6, 6.07) is 4.29. The summed E-state index contributed by atoms with van der Waals surface area (Å²) in [5, 5.41) is 48.8. The van der Waals surface area contributed by atoms with Crippen molar-refractivity contribution in [3.8, 4) is 11.3 Å². The van der Waals surface area contributed by atoms with Crippen molar-refractivity contribution in [3.05, 3.63) is 108 Å². The van der Waals surface area contributed by atoms with Crippen LogP contribution in [0.4, 0.5) is 28.5 Å². The van der Waals surface area contributed by atoms with Crippen LogP contribution < -0.4 is 37.2 Å². The van der Waals surface area contributed by atoms with E-state index in [1.807, 2.05) is 73.1 Å². The Labute approximate surface area is 780 Å². The molecule has 1 saturated carbocycles. The minimum Gasteiger partial charge on any atom is -0.460 e. The maximum Gasteiger partial charge on any atom is 0.407 e. The molecular formula is C95H133N19O20. The summed E-state index contributed by atoms with van der Waals surface area (Å²) >= 11 is 0. The Kier molecular flexibility index (Phi) is 37.1. The van der Waals surface area contributed by atoms with Crippen molar-refractivity contribution in [1.29, 1.82) is 0 Å². The number of ketones is 3. The molecule has 0 spiro atoms. The van der Waals surface area contributed by atoms with E-state index in [-0.39, 0.29) is 118 Å². The first-order valence-corrected chi connectivity index (χ1v) is 47.0. The van der Waals surface area contributed by atoms with Crippen molar-refractivity contribution in [2.75, 3.05) is 140 Å². The summed E-state index contributed by atoms with van der Waals surface area (Å²) in [5.74, 6) is -8.60. The molecule has 5 fully saturated rings. The van der Waals surface area contributed by atoms with E-state index >= 15 is 0 Å². The molecule has 1 aromatic carbocycles. The number of nitrogen functional groups attached to an aromatic ring is 2. The molecule has 5 amide bonds. The maximum absolute atomic E-state index is 14.8. The number of nitrogens with zero attached hydrogens (tertiary/aromatic N) is 14. The fourth-order valence-electron chi connectivity index (χ4n) is 18.3. The second-order valence-corrected chi connectivity index (χ2v) is 36.3. The van der Waals surface area contributed by atoms with Crippen molar-refractivity contribution >= 4 is 98.9 Å². The molecule has 39 nitrogen and oxygen atoms in total. The zero-order chi connectivity index (χ0) is 95.7. The van der Waals surface area contributed by atoms with Gasteiger partial charge in [-0.05, 0) is 138 Å². The number of unbranched alkanes of at least 4 members (excludes halogenated alkanes) is 1. The second-order valence-electron chi connectivity index (χ2n) is 36.3. The van der Waals surface area contributed by atoms with E-state index in [1.54, 1.807) is 51.0 Å². The molecule has 5 aliphatic heterocycles. The summed E-state index contributed by atoms with van der Waals surface area (Å²) in [5.41, 5.74) is 17.1. The zero-order valence-corrected chi connectivity index (χ0v) is 78.4. The van der Waals surface area contributed by atoms with Crippen LogP contribution in [0, 0.1) is 35.5 Å². The van der Waals surface area contributed by atoms with Gasteiger partial charge in [0.2, 0.25) is 29.5 Å². The molecule has 6 aliphatic rings. The van der Waals surface area contributed by atoms with Crippen LogP contribution in [0.2, 0.25) is 0 Å². The molecule has 2 bridgehead atoms. The number of nitrogens with two attached hydrogens (primary N) is 2. The standard InChI is InChI=1S/C95H133N19O20/c1-58-17-11-10-12-18-59(2)75(127-8)50-69-23-20-64(7)95(126,134-69)85(121)89(123)113-30-15-13-19-71(113)90(124)131-76(51-72(115)60(3)46-63(6)83(119)84(120)82(118)62(5)45-58)61(4)47-65-21-24-74(77(48-65)128-9)133-94(125)104-54-66-52-100-92(101-53-66)112-38-36-110(37-39-112)79(117)27-42-130-44-40-109-32-34-111(35-33-109)93-102-55-68(56-103-93)88(122)99-29-43-129-41-26-78(116)98-28-14-16-31-114-87-80(86(96)105-57-106-87)81(108-114)67-22-25-73-70(49-67)107-91(97)132-73/h10-12,17-18,22,25,46,49,52-53,55-58,60-62,64-65,69,71,74-77,83-84,119-120,126H,13-16,19-21,23-24,26-45,47-48,50-51,54H2,1-9H3,(H2,97,107)(H,98,116)(H,99,122)(H,104,125)(H2,96,105,106)/b12-10+,17-11+,59-18+,63-46+/t58-,60-,61-,62-,64-,65+,69+,71+,74-,75+,76+,77-,83-,84+,95-/m1/s1. The number of hydrogen-bond donors (Lipinski definition) is 8. The van der Waals surface area contributed by atoms with E-state index in [2.05, 4.69) is 60.6 Å². The molecule has 10 heterocycles. The molecule has 15 atom stereocenters. The minimum absolute atomic E-state index is 0.00109. The second kappa shape index (κ2) is 48.8. The van der Waals surface area contributed by atoms with Crippen molar-refractivity contribution in [2.45, 2.75) is 219 Å². The number of benzene rings is 1. The van der Waals surface area contributed by atoms with Crippen LogP contribution in [0.1, 0.15) is 167 Å².